The van der Waals surface area contributed by atoms with Crippen molar-refractivity contribution in [3.63, 3.8) is 0 Å². The van der Waals surface area contributed by atoms with Crippen LogP contribution in [0.3, 0.4) is 0 Å². The minimum Gasteiger partial charge on any atom is -0.310 e. The smallest absolute Gasteiger partial charge is 0.0492 e. The zero-order valence-corrected chi connectivity index (χ0v) is 31.0. The quantitative estimate of drug-likeness (QED) is 0.164. The van der Waals surface area contributed by atoms with Gasteiger partial charge in [0.1, 0.15) is 0 Å². The third-order valence-corrected chi connectivity index (χ3v) is 11.4. The van der Waals surface area contributed by atoms with Gasteiger partial charge in [0.25, 0.3) is 0 Å². The maximum atomic E-state index is 4.34. The molecule has 2 heterocycles. The summed E-state index contributed by atoms with van der Waals surface area (Å²) >= 11 is 0. The van der Waals surface area contributed by atoms with E-state index in [4.69, 9.17) is 0 Å². The van der Waals surface area contributed by atoms with Crippen LogP contribution in [0.4, 0.5) is 17.1 Å². The first-order valence-electron chi connectivity index (χ1n) is 19.4. The van der Waals surface area contributed by atoms with Crippen molar-refractivity contribution in [2.24, 2.45) is 0 Å². The molecule has 0 saturated heterocycles. The van der Waals surface area contributed by atoms with Gasteiger partial charge in [0, 0.05) is 41.8 Å². The van der Waals surface area contributed by atoms with E-state index in [0.29, 0.717) is 0 Å². The second kappa shape index (κ2) is 13.6. The van der Waals surface area contributed by atoms with Crippen molar-refractivity contribution in [3.8, 4) is 66.8 Å². The number of aromatic nitrogens is 2. The summed E-state index contributed by atoms with van der Waals surface area (Å²) in [5.74, 6) is 0. The minimum atomic E-state index is 1.04. The number of nitrogens with zero attached hydrogens (tertiary/aromatic N) is 3. The molecule has 57 heavy (non-hydrogen) atoms. The molecule has 0 unspecified atom stereocenters. The molecule has 0 fully saturated rings. The van der Waals surface area contributed by atoms with Gasteiger partial charge in [-0.3, -0.25) is 9.97 Å². The molecule has 11 rings (SSSR count). The molecule has 1 aliphatic rings. The minimum absolute atomic E-state index is 1.04. The van der Waals surface area contributed by atoms with E-state index in [-0.39, 0.29) is 0 Å². The van der Waals surface area contributed by atoms with E-state index in [0.717, 1.165) is 33.8 Å². The third-order valence-electron chi connectivity index (χ3n) is 11.4. The van der Waals surface area contributed by atoms with Crippen molar-refractivity contribution in [1.29, 1.82) is 0 Å². The molecule has 0 radical (unpaired) electrons. The van der Waals surface area contributed by atoms with Crippen molar-refractivity contribution in [2.75, 3.05) is 4.90 Å². The van der Waals surface area contributed by atoms with E-state index in [2.05, 4.69) is 197 Å². The number of benzene rings is 8. The van der Waals surface area contributed by atoms with E-state index >= 15 is 0 Å². The Labute approximate surface area is 331 Å². The molecule has 3 nitrogen and oxygen atoms in total. The van der Waals surface area contributed by atoms with Crippen LogP contribution in [0.25, 0.3) is 88.3 Å². The van der Waals surface area contributed by atoms with Crippen LogP contribution in [0.1, 0.15) is 0 Å². The monoisotopic (exact) mass is 725 g/mol. The lowest BCUT2D eigenvalue weighted by Gasteiger charge is -2.26. The van der Waals surface area contributed by atoms with Gasteiger partial charge in [0.15, 0.2) is 0 Å². The highest BCUT2D eigenvalue weighted by Crippen LogP contribution is 2.58. The summed E-state index contributed by atoms with van der Waals surface area (Å²) in [6.07, 6.45) is 7.42. The van der Waals surface area contributed by atoms with E-state index in [9.17, 15) is 0 Å². The van der Waals surface area contributed by atoms with E-state index in [1.807, 2.05) is 30.9 Å². The van der Waals surface area contributed by atoms with Crippen LogP contribution in [-0.4, -0.2) is 9.97 Å². The number of hydrogen-bond donors (Lipinski definition) is 0. The Morgan fingerprint density at radius 3 is 1.53 bits per heavy atom. The maximum absolute atomic E-state index is 4.34. The summed E-state index contributed by atoms with van der Waals surface area (Å²) in [5.41, 5.74) is 18.0. The molecule has 0 spiro atoms. The fraction of sp³-hybridized carbons (Fsp3) is 0. The van der Waals surface area contributed by atoms with E-state index in [1.165, 1.54) is 71.6 Å². The Morgan fingerprint density at radius 1 is 0.298 bits per heavy atom. The van der Waals surface area contributed by atoms with Crippen LogP contribution >= 0.6 is 0 Å². The topological polar surface area (TPSA) is 29.0 Å². The van der Waals surface area contributed by atoms with Gasteiger partial charge in [-0.05, 0) is 131 Å². The van der Waals surface area contributed by atoms with Gasteiger partial charge < -0.3 is 4.90 Å². The van der Waals surface area contributed by atoms with Gasteiger partial charge in [-0.2, -0.15) is 0 Å². The summed E-state index contributed by atoms with van der Waals surface area (Å²) in [6, 6.07) is 68.2. The molecular weight excluding hydrogens is 691 g/mol. The van der Waals surface area contributed by atoms with Crippen molar-refractivity contribution >= 4 is 38.6 Å². The lowest BCUT2D eigenvalue weighted by atomic mass is 9.82. The number of fused-ring (bicyclic) bond motifs is 4. The zero-order chi connectivity index (χ0) is 37.7. The van der Waals surface area contributed by atoms with E-state index < -0.39 is 0 Å². The Bertz CT molecular complexity index is 3000. The molecule has 8 aromatic carbocycles. The maximum Gasteiger partial charge on any atom is 0.0492 e. The predicted molar refractivity (Wildman–Crippen MR) is 238 cm³/mol. The van der Waals surface area contributed by atoms with Gasteiger partial charge in [-0.25, -0.2) is 0 Å². The first-order chi connectivity index (χ1) is 28.3. The van der Waals surface area contributed by atoms with Gasteiger partial charge in [-0.15, -0.1) is 0 Å². The highest BCUT2D eigenvalue weighted by molar-refractivity contribution is 6.28. The standard InChI is InChI=1S/C54H35N3/c1-3-12-37(13-4-1)50-46-19-7-8-20-47(46)51(38-14-5-2-6-15-38)54-49-28-27-44(45-21-10-22-48(52(45)49)53(50)54)39-16-9-18-43(34-39)57(42-29-32-55-33-30-42)41-25-23-36(24-26-41)40-17-11-31-56-35-40/h1-35H. The molecule has 0 amide bonds. The summed E-state index contributed by atoms with van der Waals surface area (Å²) in [5, 5.41) is 5.08. The largest absolute Gasteiger partial charge is 0.310 e. The predicted octanol–water partition coefficient (Wildman–Crippen LogP) is 14.6. The second-order valence-corrected chi connectivity index (χ2v) is 14.5. The fourth-order valence-corrected chi connectivity index (χ4v) is 8.95. The highest BCUT2D eigenvalue weighted by Gasteiger charge is 2.31. The Balaban J connectivity index is 1.11. The van der Waals surface area contributed by atoms with Crippen LogP contribution in [0.15, 0.2) is 213 Å². The Kier molecular flexibility index (Phi) is 7.82. The van der Waals surface area contributed by atoms with Crippen molar-refractivity contribution in [1.82, 2.24) is 9.97 Å². The Morgan fingerprint density at radius 2 is 0.860 bits per heavy atom. The molecule has 0 atom stereocenters. The molecule has 0 aliphatic heterocycles. The lowest BCUT2D eigenvalue weighted by molar-refractivity contribution is 1.24. The SMILES string of the molecule is c1ccc(-c2c3c(c(-c4ccccc4)c4ccccc24)-c2ccc(-c4cccc(N(c5ccncc5)c5ccc(-c6cccnc6)cc5)c4)c4cccc-3c24)cc1. The first-order valence-corrected chi connectivity index (χ1v) is 19.4. The van der Waals surface area contributed by atoms with Crippen molar-refractivity contribution < 1.29 is 0 Å². The summed E-state index contributed by atoms with van der Waals surface area (Å²) in [6.45, 7) is 0. The number of anilines is 3. The average Bonchev–Trinajstić information content (AvgIpc) is 3.62. The molecule has 1 aliphatic carbocycles. The lowest BCUT2D eigenvalue weighted by Crippen LogP contribution is -2.10. The van der Waals surface area contributed by atoms with Crippen LogP contribution in [-0.2, 0) is 0 Å². The molecule has 0 N–H and O–H groups in total. The van der Waals surface area contributed by atoms with Gasteiger partial charge >= 0.3 is 0 Å². The molecule has 3 heteroatoms. The summed E-state index contributed by atoms with van der Waals surface area (Å²) < 4.78 is 0. The second-order valence-electron chi connectivity index (χ2n) is 14.5. The fourth-order valence-electron chi connectivity index (χ4n) is 8.95. The van der Waals surface area contributed by atoms with E-state index in [1.54, 1.807) is 0 Å². The number of pyridine rings is 2. The molecule has 10 aromatic rings. The van der Waals surface area contributed by atoms with Crippen LogP contribution in [0.2, 0.25) is 0 Å². The van der Waals surface area contributed by atoms with Gasteiger partial charge in [0.05, 0.1) is 0 Å². The van der Waals surface area contributed by atoms with Crippen molar-refractivity contribution in [3.05, 3.63) is 213 Å². The molecule has 0 saturated carbocycles. The Hall–Kier alpha value is -7.62. The first kappa shape index (κ1) is 32.8. The van der Waals surface area contributed by atoms with Gasteiger partial charge in [-0.1, -0.05) is 146 Å². The van der Waals surface area contributed by atoms with Crippen molar-refractivity contribution in [2.45, 2.75) is 0 Å². The average molecular weight is 726 g/mol. The molecule has 266 valence electrons. The normalized spacial score (nSPS) is 11.5. The molecule has 0 bridgehead atoms. The number of hydrogen-bond acceptors (Lipinski definition) is 3. The highest BCUT2D eigenvalue weighted by atomic mass is 15.1. The summed E-state index contributed by atoms with van der Waals surface area (Å²) in [4.78, 5) is 11.0. The van der Waals surface area contributed by atoms with Gasteiger partial charge in [0.2, 0.25) is 0 Å². The van der Waals surface area contributed by atoms with Crippen LogP contribution in [0.5, 0.6) is 0 Å². The molecule has 2 aromatic heterocycles. The third kappa shape index (κ3) is 5.43. The van der Waals surface area contributed by atoms with Crippen LogP contribution < -0.4 is 4.90 Å². The molecular formula is C54H35N3. The zero-order valence-electron chi connectivity index (χ0n) is 31.0. The number of rotatable bonds is 7. The summed E-state index contributed by atoms with van der Waals surface area (Å²) in [7, 11) is 0. The van der Waals surface area contributed by atoms with Crippen LogP contribution in [0, 0.1) is 0 Å².